The van der Waals surface area contributed by atoms with Crippen LogP contribution >= 0.6 is 15.9 Å². The Morgan fingerprint density at radius 1 is 1.29 bits per heavy atom. The lowest BCUT2D eigenvalue weighted by Crippen LogP contribution is -2.08. The van der Waals surface area contributed by atoms with E-state index in [1.807, 2.05) is 0 Å². The Bertz CT molecular complexity index is 468. The van der Waals surface area contributed by atoms with E-state index in [1.54, 1.807) is 0 Å². The van der Waals surface area contributed by atoms with Gasteiger partial charge in [0.2, 0.25) is 0 Å². The highest BCUT2D eigenvalue weighted by atomic mass is 79.9. The highest BCUT2D eigenvalue weighted by molar-refractivity contribution is 9.10. The third-order valence-corrected chi connectivity index (χ3v) is 3.87. The maximum absolute atomic E-state index is 3.58. The van der Waals surface area contributed by atoms with Gasteiger partial charge in [-0.25, -0.2) is 0 Å². The van der Waals surface area contributed by atoms with Crippen LogP contribution in [0.4, 0.5) is 0 Å². The molecule has 3 rings (SSSR count). The van der Waals surface area contributed by atoms with Gasteiger partial charge in [-0.2, -0.15) is 0 Å². The minimum Gasteiger partial charge on any atom is -0.358 e. The summed E-state index contributed by atoms with van der Waals surface area (Å²) in [6.07, 6.45) is 4.09. The van der Waals surface area contributed by atoms with Crippen molar-refractivity contribution in [2.24, 2.45) is 0 Å². The number of halogens is 1. The standard InChI is InChI=1S/C12H12BrN/c13-10-5-2-6-11-9(10)7-12(14-11)8-3-1-4-8/h2,5-8,14H,1,3-4H2. The summed E-state index contributed by atoms with van der Waals surface area (Å²) >= 11 is 3.58. The SMILES string of the molecule is Brc1cccc2[nH]c(C3CCC3)cc12. The van der Waals surface area contributed by atoms with Crippen molar-refractivity contribution in [3.8, 4) is 0 Å². The molecule has 0 amide bonds. The van der Waals surface area contributed by atoms with E-state index >= 15 is 0 Å². The predicted molar refractivity (Wildman–Crippen MR) is 62.6 cm³/mol. The summed E-state index contributed by atoms with van der Waals surface area (Å²) in [5.41, 5.74) is 2.67. The Morgan fingerprint density at radius 2 is 2.14 bits per heavy atom. The van der Waals surface area contributed by atoms with E-state index in [9.17, 15) is 0 Å². The molecule has 2 heteroatoms. The summed E-state index contributed by atoms with van der Waals surface area (Å²) < 4.78 is 1.19. The van der Waals surface area contributed by atoms with E-state index in [2.05, 4.69) is 45.2 Å². The van der Waals surface area contributed by atoms with Gasteiger partial charge in [-0.15, -0.1) is 0 Å². The average molecular weight is 250 g/mol. The van der Waals surface area contributed by atoms with E-state index in [4.69, 9.17) is 0 Å². The topological polar surface area (TPSA) is 15.8 Å². The van der Waals surface area contributed by atoms with Crippen LogP contribution in [-0.2, 0) is 0 Å². The number of hydrogen-bond donors (Lipinski definition) is 1. The van der Waals surface area contributed by atoms with Gasteiger partial charge in [-0.05, 0) is 37.0 Å². The molecule has 1 saturated carbocycles. The second-order valence-corrected chi connectivity index (χ2v) is 4.91. The second kappa shape index (κ2) is 3.13. The lowest BCUT2D eigenvalue weighted by atomic mass is 9.83. The van der Waals surface area contributed by atoms with Gasteiger partial charge in [-0.1, -0.05) is 28.4 Å². The Hall–Kier alpha value is -0.760. The summed E-state index contributed by atoms with van der Waals surface area (Å²) in [5, 5.41) is 1.31. The van der Waals surface area contributed by atoms with Gasteiger partial charge in [0.05, 0.1) is 0 Å². The molecule has 1 fully saturated rings. The summed E-state index contributed by atoms with van der Waals surface area (Å²) in [6, 6.07) is 8.61. The first kappa shape index (κ1) is 8.54. The van der Waals surface area contributed by atoms with Crippen LogP contribution in [0.3, 0.4) is 0 Å². The predicted octanol–water partition coefficient (Wildman–Crippen LogP) is 4.20. The van der Waals surface area contributed by atoms with Crippen LogP contribution < -0.4 is 0 Å². The molecular formula is C12H12BrN. The van der Waals surface area contributed by atoms with Gasteiger partial charge < -0.3 is 4.98 Å². The van der Waals surface area contributed by atoms with Gasteiger partial charge >= 0.3 is 0 Å². The van der Waals surface area contributed by atoms with E-state index in [0.717, 1.165) is 5.92 Å². The van der Waals surface area contributed by atoms with Gasteiger partial charge in [-0.3, -0.25) is 0 Å². The molecular weight excluding hydrogens is 238 g/mol. The van der Waals surface area contributed by atoms with E-state index in [0.29, 0.717) is 0 Å². The van der Waals surface area contributed by atoms with Gasteiger partial charge in [0.15, 0.2) is 0 Å². The molecule has 1 aromatic carbocycles. The molecule has 1 N–H and O–H groups in total. The van der Waals surface area contributed by atoms with Crippen LogP contribution in [-0.4, -0.2) is 4.98 Å². The maximum atomic E-state index is 3.58. The first-order chi connectivity index (χ1) is 6.84. The van der Waals surface area contributed by atoms with Gasteiger partial charge in [0.1, 0.15) is 0 Å². The lowest BCUT2D eigenvalue weighted by molar-refractivity contribution is 0.413. The Morgan fingerprint density at radius 3 is 2.79 bits per heavy atom. The molecule has 0 bridgehead atoms. The first-order valence-corrected chi connectivity index (χ1v) is 5.91. The summed E-state index contributed by atoms with van der Waals surface area (Å²) in [4.78, 5) is 3.51. The van der Waals surface area contributed by atoms with Crippen molar-refractivity contribution in [1.82, 2.24) is 4.98 Å². The van der Waals surface area contributed by atoms with Gasteiger partial charge in [0, 0.05) is 21.1 Å². The fraction of sp³-hybridized carbons (Fsp3) is 0.333. The van der Waals surface area contributed by atoms with Crippen molar-refractivity contribution in [1.29, 1.82) is 0 Å². The smallest absolute Gasteiger partial charge is 0.0467 e. The highest BCUT2D eigenvalue weighted by Gasteiger charge is 2.21. The number of H-pyrrole nitrogens is 1. The number of benzene rings is 1. The minimum absolute atomic E-state index is 0.786. The van der Waals surface area contributed by atoms with Crippen LogP contribution in [0, 0.1) is 0 Å². The molecule has 0 spiro atoms. The molecule has 1 nitrogen and oxygen atoms in total. The zero-order valence-electron chi connectivity index (χ0n) is 7.89. The first-order valence-electron chi connectivity index (χ1n) is 5.12. The normalized spacial score (nSPS) is 17.2. The quantitative estimate of drug-likeness (QED) is 0.780. The third-order valence-electron chi connectivity index (χ3n) is 3.18. The van der Waals surface area contributed by atoms with Crippen LogP contribution in [0.1, 0.15) is 30.9 Å². The summed E-state index contributed by atoms with van der Waals surface area (Å²) in [6.45, 7) is 0. The monoisotopic (exact) mass is 249 g/mol. The largest absolute Gasteiger partial charge is 0.358 e. The molecule has 0 saturated heterocycles. The van der Waals surface area contributed by atoms with E-state index < -0.39 is 0 Å². The van der Waals surface area contributed by atoms with E-state index in [-0.39, 0.29) is 0 Å². The van der Waals surface area contributed by atoms with Crippen LogP contribution in [0.25, 0.3) is 10.9 Å². The number of nitrogens with one attached hydrogen (secondary N) is 1. The Kier molecular flexibility index (Phi) is 1.91. The fourth-order valence-corrected chi connectivity index (χ4v) is 2.56. The molecule has 72 valence electrons. The van der Waals surface area contributed by atoms with Crippen molar-refractivity contribution in [2.75, 3.05) is 0 Å². The molecule has 0 atom stereocenters. The molecule has 0 unspecified atom stereocenters. The molecule has 14 heavy (non-hydrogen) atoms. The summed E-state index contributed by atoms with van der Waals surface area (Å²) in [7, 11) is 0. The van der Waals surface area contributed by atoms with Crippen molar-refractivity contribution in [3.05, 3.63) is 34.4 Å². The van der Waals surface area contributed by atoms with Crippen molar-refractivity contribution >= 4 is 26.8 Å². The number of rotatable bonds is 1. The Labute approximate surface area is 91.6 Å². The third kappa shape index (κ3) is 1.21. The Balaban J connectivity index is 2.15. The van der Waals surface area contributed by atoms with Crippen molar-refractivity contribution < 1.29 is 0 Å². The molecule has 1 aliphatic carbocycles. The van der Waals surface area contributed by atoms with Crippen molar-refractivity contribution in [3.63, 3.8) is 0 Å². The highest BCUT2D eigenvalue weighted by Crippen LogP contribution is 2.38. The molecule has 0 radical (unpaired) electrons. The zero-order chi connectivity index (χ0) is 9.54. The molecule has 1 aliphatic rings. The molecule has 2 aromatic rings. The van der Waals surface area contributed by atoms with Gasteiger partial charge in [0.25, 0.3) is 0 Å². The van der Waals surface area contributed by atoms with Crippen LogP contribution in [0.2, 0.25) is 0 Å². The molecule has 0 aliphatic heterocycles. The lowest BCUT2D eigenvalue weighted by Gasteiger charge is -2.23. The number of aromatic nitrogens is 1. The molecule has 1 aromatic heterocycles. The fourth-order valence-electron chi connectivity index (χ4n) is 2.08. The van der Waals surface area contributed by atoms with E-state index in [1.165, 1.54) is 40.3 Å². The number of aromatic amines is 1. The maximum Gasteiger partial charge on any atom is 0.0467 e. The summed E-state index contributed by atoms with van der Waals surface area (Å²) in [5.74, 6) is 0.786. The van der Waals surface area contributed by atoms with Crippen molar-refractivity contribution in [2.45, 2.75) is 25.2 Å². The van der Waals surface area contributed by atoms with Crippen LogP contribution in [0.5, 0.6) is 0 Å². The number of hydrogen-bond acceptors (Lipinski definition) is 0. The molecule has 1 heterocycles. The number of fused-ring (bicyclic) bond motifs is 1. The average Bonchev–Trinajstić information content (AvgIpc) is 2.46. The minimum atomic E-state index is 0.786. The second-order valence-electron chi connectivity index (χ2n) is 4.05. The van der Waals surface area contributed by atoms with Crippen LogP contribution in [0.15, 0.2) is 28.7 Å². The zero-order valence-corrected chi connectivity index (χ0v) is 9.47.